The number of carbonyl (C=O) groups excluding carboxylic acids is 2. The molecule has 4 heteroatoms. The van der Waals surface area contributed by atoms with Crippen molar-refractivity contribution < 1.29 is 14.3 Å². The van der Waals surface area contributed by atoms with E-state index in [9.17, 15) is 9.59 Å². The fourth-order valence-electron chi connectivity index (χ4n) is 1.31. The third-order valence-electron chi connectivity index (χ3n) is 2.16. The van der Waals surface area contributed by atoms with Crippen LogP contribution in [0, 0.1) is 0 Å². The van der Waals surface area contributed by atoms with Crippen molar-refractivity contribution in [1.82, 2.24) is 4.90 Å². The summed E-state index contributed by atoms with van der Waals surface area (Å²) in [4.78, 5) is 23.3. The maximum atomic E-state index is 11.5. The molecule has 0 aliphatic carbocycles. The van der Waals surface area contributed by atoms with Crippen molar-refractivity contribution >= 4 is 12.4 Å². The van der Waals surface area contributed by atoms with Gasteiger partial charge in [-0.15, -0.1) is 0 Å². The number of rotatable bonds is 5. The molecule has 0 atom stereocenters. The van der Waals surface area contributed by atoms with Gasteiger partial charge in [0.05, 0.1) is 7.11 Å². The Bertz CT molecular complexity index is 208. The van der Waals surface area contributed by atoms with E-state index in [-0.39, 0.29) is 11.6 Å². The Balaban J connectivity index is 4.15. The minimum Gasteiger partial charge on any atom is -0.453 e. The summed E-state index contributed by atoms with van der Waals surface area (Å²) in [5, 5.41) is 0. The molecule has 0 unspecified atom stereocenters. The molecule has 0 heterocycles. The highest BCUT2D eigenvalue weighted by Gasteiger charge is 2.26. The highest BCUT2D eigenvalue weighted by Crippen LogP contribution is 2.15. The lowest BCUT2D eigenvalue weighted by Gasteiger charge is -2.34. The minimum atomic E-state index is -0.311. The molecule has 0 spiro atoms. The number of hydrogen-bond acceptors (Lipinski definition) is 3. The van der Waals surface area contributed by atoms with E-state index in [1.54, 1.807) is 4.90 Å². The summed E-state index contributed by atoms with van der Waals surface area (Å²) >= 11 is 0. The largest absolute Gasteiger partial charge is 0.453 e. The molecule has 0 bridgehead atoms. The molecule has 88 valence electrons. The third kappa shape index (κ3) is 5.40. The summed E-state index contributed by atoms with van der Waals surface area (Å²) in [7, 11) is 1.38. The number of amides is 1. The molecule has 4 nitrogen and oxygen atoms in total. The quantitative estimate of drug-likeness (QED) is 0.522. The van der Waals surface area contributed by atoms with Crippen molar-refractivity contribution in [3.05, 3.63) is 0 Å². The maximum Gasteiger partial charge on any atom is 0.409 e. The number of hydrogen-bond donors (Lipinski definition) is 0. The second kappa shape index (κ2) is 6.43. The highest BCUT2D eigenvalue weighted by molar-refractivity contribution is 5.68. The topological polar surface area (TPSA) is 46.6 Å². The number of ether oxygens (including phenoxy) is 1. The Kier molecular flexibility index (Phi) is 5.97. The predicted octanol–water partition coefficient (Wildman–Crippen LogP) is 2.22. The maximum absolute atomic E-state index is 11.5. The number of methoxy groups -OCH3 is 1. The summed E-state index contributed by atoms with van der Waals surface area (Å²) in [5.74, 6) is 0. The number of carbonyl (C=O) groups is 2. The molecular weight excluding hydrogens is 194 g/mol. The van der Waals surface area contributed by atoms with Gasteiger partial charge in [0.25, 0.3) is 0 Å². The molecule has 0 fully saturated rings. The van der Waals surface area contributed by atoms with E-state index in [0.29, 0.717) is 13.0 Å². The highest BCUT2D eigenvalue weighted by atomic mass is 16.5. The van der Waals surface area contributed by atoms with Gasteiger partial charge in [-0.1, -0.05) is 0 Å². The van der Waals surface area contributed by atoms with Crippen LogP contribution in [0.2, 0.25) is 0 Å². The fourth-order valence-corrected chi connectivity index (χ4v) is 1.31. The molecule has 0 aromatic rings. The molecule has 0 aromatic carbocycles. The Morgan fingerprint density at radius 2 is 1.93 bits per heavy atom. The standard InChI is InChI=1S/C11H21NO3/c1-11(2,3)12(10(14)15-4)8-6-5-7-9-13/h9H,5-8H2,1-4H3. The van der Waals surface area contributed by atoms with Crippen LogP contribution in [0.25, 0.3) is 0 Å². The summed E-state index contributed by atoms with van der Waals surface area (Å²) < 4.78 is 4.71. The molecule has 0 rings (SSSR count). The average molecular weight is 215 g/mol. The van der Waals surface area contributed by atoms with Crippen molar-refractivity contribution in [1.29, 1.82) is 0 Å². The lowest BCUT2D eigenvalue weighted by Crippen LogP contribution is -2.46. The number of nitrogens with zero attached hydrogens (tertiary/aromatic N) is 1. The van der Waals surface area contributed by atoms with Crippen LogP contribution in [0.15, 0.2) is 0 Å². The zero-order chi connectivity index (χ0) is 11.9. The van der Waals surface area contributed by atoms with Gasteiger partial charge in [0.15, 0.2) is 0 Å². The van der Waals surface area contributed by atoms with E-state index in [1.165, 1.54) is 7.11 Å². The molecule has 0 aliphatic rings. The van der Waals surface area contributed by atoms with Crippen molar-refractivity contribution in [2.24, 2.45) is 0 Å². The van der Waals surface area contributed by atoms with Gasteiger partial charge in [0.1, 0.15) is 6.29 Å². The first-order valence-electron chi connectivity index (χ1n) is 5.22. The average Bonchev–Trinajstić information content (AvgIpc) is 2.15. The molecule has 0 radical (unpaired) electrons. The van der Waals surface area contributed by atoms with E-state index in [4.69, 9.17) is 4.74 Å². The first-order chi connectivity index (χ1) is 6.93. The Hall–Kier alpha value is -1.06. The minimum absolute atomic E-state index is 0.242. The van der Waals surface area contributed by atoms with Crippen LogP contribution in [0.4, 0.5) is 4.79 Å². The van der Waals surface area contributed by atoms with Gasteiger partial charge in [0.2, 0.25) is 0 Å². The lowest BCUT2D eigenvalue weighted by molar-refractivity contribution is -0.107. The molecule has 0 aliphatic heterocycles. The van der Waals surface area contributed by atoms with Gasteiger partial charge in [-0.05, 0) is 33.6 Å². The Morgan fingerprint density at radius 3 is 2.33 bits per heavy atom. The van der Waals surface area contributed by atoms with E-state index in [0.717, 1.165) is 19.1 Å². The van der Waals surface area contributed by atoms with Gasteiger partial charge in [-0.2, -0.15) is 0 Å². The zero-order valence-corrected chi connectivity index (χ0v) is 10.1. The Morgan fingerprint density at radius 1 is 1.33 bits per heavy atom. The van der Waals surface area contributed by atoms with Gasteiger partial charge < -0.3 is 14.4 Å². The molecular formula is C11H21NO3. The molecule has 0 aromatic heterocycles. The van der Waals surface area contributed by atoms with E-state index < -0.39 is 0 Å². The van der Waals surface area contributed by atoms with Crippen LogP contribution < -0.4 is 0 Å². The van der Waals surface area contributed by atoms with E-state index >= 15 is 0 Å². The zero-order valence-electron chi connectivity index (χ0n) is 10.1. The SMILES string of the molecule is COC(=O)N(CCCCC=O)C(C)(C)C. The van der Waals surface area contributed by atoms with Crippen LogP contribution in [0.1, 0.15) is 40.0 Å². The molecule has 0 saturated heterocycles. The van der Waals surface area contributed by atoms with E-state index in [1.807, 2.05) is 20.8 Å². The van der Waals surface area contributed by atoms with Gasteiger partial charge >= 0.3 is 6.09 Å². The molecule has 0 N–H and O–H groups in total. The van der Waals surface area contributed by atoms with Crippen LogP contribution >= 0.6 is 0 Å². The first kappa shape index (κ1) is 13.9. The number of aldehydes is 1. The fraction of sp³-hybridized carbons (Fsp3) is 0.818. The van der Waals surface area contributed by atoms with Crippen molar-refractivity contribution in [3.8, 4) is 0 Å². The first-order valence-corrected chi connectivity index (χ1v) is 5.22. The van der Waals surface area contributed by atoms with E-state index in [2.05, 4.69) is 0 Å². The van der Waals surface area contributed by atoms with Gasteiger partial charge in [0, 0.05) is 18.5 Å². The normalized spacial score (nSPS) is 10.9. The lowest BCUT2D eigenvalue weighted by atomic mass is 10.1. The van der Waals surface area contributed by atoms with Crippen LogP contribution in [0.5, 0.6) is 0 Å². The van der Waals surface area contributed by atoms with Crippen LogP contribution in [0.3, 0.4) is 0 Å². The molecule has 15 heavy (non-hydrogen) atoms. The van der Waals surface area contributed by atoms with Crippen LogP contribution in [-0.2, 0) is 9.53 Å². The van der Waals surface area contributed by atoms with Crippen molar-refractivity contribution in [2.45, 2.75) is 45.6 Å². The van der Waals surface area contributed by atoms with Crippen LogP contribution in [-0.4, -0.2) is 36.5 Å². The Labute approximate surface area is 91.6 Å². The second-order valence-electron chi connectivity index (χ2n) is 4.45. The van der Waals surface area contributed by atoms with Crippen molar-refractivity contribution in [3.63, 3.8) is 0 Å². The summed E-state index contributed by atoms with van der Waals surface area (Å²) in [5.41, 5.74) is -0.242. The summed E-state index contributed by atoms with van der Waals surface area (Å²) in [6, 6.07) is 0. The molecule has 0 saturated carbocycles. The third-order valence-corrected chi connectivity index (χ3v) is 2.16. The monoisotopic (exact) mass is 215 g/mol. The van der Waals surface area contributed by atoms with Gasteiger partial charge in [-0.25, -0.2) is 4.79 Å². The summed E-state index contributed by atoms with van der Waals surface area (Å²) in [6.45, 7) is 6.51. The van der Waals surface area contributed by atoms with Crippen molar-refractivity contribution in [2.75, 3.05) is 13.7 Å². The number of unbranched alkanes of at least 4 members (excludes halogenated alkanes) is 2. The van der Waals surface area contributed by atoms with Gasteiger partial charge in [-0.3, -0.25) is 0 Å². The molecule has 1 amide bonds. The smallest absolute Gasteiger partial charge is 0.409 e. The summed E-state index contributed by atoms with van der Waals surface area (Å²) in [6.07, 6.45) is 2.78. The predicted molar refractivity (Wildman–Crippen MR) is 58.8 cm³/mol. The second-order valence-corrected chi connectivity index (χ2v) is 4.45.